The van der Waals surface area contributed by atoms with E-state index in [1.165, 1.54) is 0 Å². The quantitative estimate of drug-likeness (QED) is 0.629. The molecule has 0 aromatic heterocycles. The van der Waals surface area contributed by atoms with Crippen molar-refractivity contribution in [2.45, 2.75) is 0 Å². The molecule has 0 bridgehead atoms. The molecule has 0 aliphatic rings. The molecule has 0 aliphatic heterocycles. The summed E-state index contributed by atoms with van der Waals surface area (Å²) in [4.78, 5) is 11.4. The maximum atomic E-state index is 11.4. The lowest BCUT2D eigenvalue weighted by atomic mass is 9.99. The largest absolute Gasteiger partial charge is 0.366 e. The van der Waals surface area contributed by atoms with Crippen molar-refractivity contribution in [3.63, 3.8) is 0 Å². The molecule has 2 N–H and O–H groups in total. The maximum Gasteiger partial charge on any atom is 0.249 e. The van der Waals surface area contributed by atoms with Crippen LogP contribution in [0, 0.1) is 6.07 Å². The van der Waals surface area contributed by atoms with Gasteiger partial charge in [-0.3, -0.25) is 4.79 Å². The molecule has 0 heterocycles. The average Bonchev–Trinajstić information content (AvgIpc) is 2.35. The second kappa shape index (κ2) is 3.59. The summed E-state index contributed by atoms with van der Waals surface area (Å²) >= 11 is 0. The molecular weight excluding hydrogens is 210 g/mol. The van der Waals surface area contributed by atoms with Crippen LogP contribution in [-0.2, 0) is 0 Å². The van der Waals surface area contributed by atoms with Gasteiger partial charge in [-0.2, -0.15) is 0 Å². The second-order valence-corrected chi connectivity index (χ2v) is 4.02. The van der Waals surface area contributed by atoms with Crippen LogP contribution in [0.25, 0.3) is 21.5 Å². The first kappa shape index (κ1) is 9.85. The van der Waals surface area contributed by atoms with E-state index in [1.54, 1.807) is 6.07 Å². The monoisotopic (exact) mass is 220 g/mol. The second-order valence-electron chi connectivity index (χ2n) is 4.02. The highest BCUT2D eigenvalue weighted by Crippen LogP contribution is 2.25. The Hall–Kier alpha value is -2.35. The number of hydrogen-bond acceptors (Lipinski definition) is 1. The number of primary amides is 1. The summed E-state index contributed by atoms with van der Waals surface area (Å²) in [6.45, 7) is 0. The van der Waals surface area contributed by atoms with Crippen molar-refractivity contribution in [1.82, 2.24) is 0 Å². The number of amides is 1. The molecule has 0 aliphatic carbocycles. The third kappa shape index (κ3) is 1.54. The van der Waals surface area contributed by atoms with E-state index in [0.717, 1.165) is 21.5 Å². The Kier molecular flexibility index (Phi) is 2.08. The molecule has 0 spiro atoms. The molecule has 3 rings (SSSR count). The predicted molar refractivity (Wildman–Crippen MR) is 68.8 cm³/mol. The lowest BCUT2D eigenvalue weighted by Crippen LogP contribution is -2.11. The summed E-state index contributed by atoms with van der Waals surface area (Å²) in [5, 5.41) is 4.12. The molecule has 0 fully saturated rings. The van der Waals surface area contributed by atoms with Gasteiger partial charge in [0, 0.05) is 5.56 Å². The Bertz CT molecular complexity index is 731. The minimum absolute atomic E-state index is 0.394. The third-order valence-electron chi connectivity index (χ3n) is 2.95. The van der Waals surface area contributed by atoms with Crippen LogP contribution in [0.2, 0.25) is 0 Å². The molecule has 2 heteroatoms. The molecule has 0 unspecified atom stereocenters. The Labute approximate surface area is 98.7 Å². The molecule has 2 nitrogen and oxygen atoms in total. The van der Waals surface area contributed by atoms with Gasteiger partial charge in [-0.25, -0.2) is 0 Å². The smallest absolute Gasteiger partial charge is 0.249 e. The van der Waals surface area contributed by atoms with E-state index in [0.29, 0.717) is 5.56 Å². The lowest BCUT2D eigenvalue weighted by Gasteiger charge is -2.05. The first-order valence-corrected chi connectivity index (χ1v) is 5.38. The van der Waals surface area contributed by atoms with Crippen LogP contribution < -0.4 is 5.73 Å². The zero-order chi connectivity index (χ0) is 11.8. The van der Waals surface area contributed by atoms with Gasteiger partial charge >= 0.3 is 0 Å². The number of carbonyl (C=O) groups is 1. The van der Waals surface area contributed by atoms with Crippen molar-refractivity contribution in [1.29, 1.82) is 0 Å². The molecule has 0 atom stereocenters. The summed E-state index contributed by atoms with van der Waals surface area (Å²) in [7, 11) is 0. The van der Waals surface area contributed by atoms with E-state index in [-0.39, 0.29) is 0 Å². The van der Waals surface area contributed by atoms with Crippen LogP contribution in [0.3, 0.4) is 0 Å². The Morgan fingerprint density at radius 1 is 1.06 bits per heavy atom. The third-order valence-corrected chi connectivity index (χ3v) is 2.95. The van der Waals surface area contributed by atoms with E-state index >= 15 is 0 Å². The predicted octanol–water partition coefficient (Wildman–Crippen LogP) is 2.89. The van der Waals surface area contributed by atoms with Crippen molar-refractivity contribution < 1.29 is 4.79 Å². The number of hydrogen-bond donors (Lipinski definition) is 1. The van der Waals surface area contributed by atoms with Crippen molar-refractivity contribution in [3.05, 3.63) is 60.2 Å². The van der Waals surface area contributed by atoms with Gasteiger partial charge in [-0.15, -0.1) is 0 Å². The summed E-state index contributed by atoms with van der Waals surface area (Å²) in [5.74, 6) is -0.394. The van der Waals surface area contributed by atoms with Gasteiger partial charge in [0.25, 0.3) is 0 Å². The minimum Gasteiger partial charge on any atom is -0.366 e. The van der Waals surface area contributed by atoms with Gasteiger partial charge in [0.05, 0.1) is 0 Å². The van der Waals surface area contributed by atoms with Crippen LogP contribution in [0.4, 0.5) is 0 Å². The fourth-order valence-corrected chi connectivity index (χ4v) is 2.12. The van der Waals surface area contributed by atoms with Gasteiger partial charge in [0.2, 0.25) is 5.91 Å². The highest BCUT2D eigenvalue weighted by Gasteiger charge is 2.06. The topological polar surface area (TPSA) is 43.1 Å². The van der Waals surface area contributed by atoms with Crippen molar-refractivity contribution in [2.75, 3.05) is 0 Å². The SMILES string of the molecule is NC(=O)c1cccc2cc3cc[c]cc3cc12. The van der Waals surface area contributed by atoms with Gasteiger partial charge in [-0.1, -0.05) is 24.3 Å². The molecular formula is C15H10NO. The number of carbonyl (C=O) groups excluding carboxylic acids is 1. The number of fused-ring (bicyclic) bond motifs is 2. The van der Waals surface area contributed by atoms with Crippen LogP contribution in [0.1, 0.15) is 10.4 Å². The number of rotatable bonds is 1. The summed E-state index contributed by atoms with van der Waals surface area (Å²) in [6.07, 6.45) is 0. The van der Waals surface area contributed by atoms with Gasteiger partial charge in [0.15, 0.2) is 0 Å². The Morgan fingerprint density at radius 3 is 2.76 bits per heavy atom. The lowest BCUT2D eigenvalue weighted by molar-refractivity contribution is 0.100. The van der Waals surface area contributed by atoms with E-state index in [4.69, 9.17) is 5.73 Å². The molecule has 1 amide bonds. The average molecular weight is 220 g/mol. The molecule has 17 heavy (non-hydrogen) atoms. The van der Waals surface area contributed by atoms with Crippen molar-refractivity contribution in [2.24, 2.45) is 5.73 Å². The highest BCUT2D eigenvalue weighted by molar-refractivity contribution is 6.10. The summed E-state index contributed by atoms with van der Waals surface area (Å²) < 4.78 is 0. The Balaban J connectivity index is 2.47. The fraction of sp³-hybridized carbons (Fsp3) is 0. The molecule has 1 radical (unpaired) electrons. The summed E-state index contributed by atoms with van der Waals surface area (Å²) in [6, 6.07) is 18.5. The molecule has 3 aromatic rings. The highest BCUT2D eigenvalue weighted by atomic mass is 16.1. The molecule has 81 valence electrons. The van der Waals surface area contributed by atoms with Crippen LogP contribution in [0.5, 0.6) is 0 Å². The van der Waals surface area contributed by atoms with Crippen LogP contribution >= 0.6 is 0 Å². The first-order valence-electron chi connectivity index (χ1n) is 5.38. The minimum atomic E-state index is -0.394. The van der Waals surface area contributed by atoms with Crippen LogP contribution in [0.15, 0.2) is 48.5 Å². The van der Waals surface area contributed by atoms with Crippen LogP contribution in [-0.4, -0.2) is 5.91 Å². The van der Waals surface area contributed by atoms with Crippen molar-refractivity contribution in [3.8, 4) is 0 Å². The zero-order valence-electron chi connectivity index (χ0n) is 9.10. The van der Waals surface area contributed by atoms with Crippen molar-refractivity contribution >= 4 is 27.5 Å². The van der Waals surface area contributed by atoms with Gasteiger partial charge in [0.1, 0.15) is 0 Å². The van der Waals surface area contributed by atoms with E-state index in [1.807, 2.05) is 36.4 Å². The summed E-state index contributed by atoms with van der Waals surface area (Å²) in [5.41, 5.74) is 5.94. The van der Waals surface area contributed by atoms with Gasteiger partial charge < -0.3 is 5.73 Å². The number of benzene rings is 3. The van der Waals surface area contributed by atoms with E-state index < -0.39 is 5.91 Å². The molecule has 0 saturated heterocycles. The first-order chi connectivity index (χ1) is 8.25. The standard InChI is InChI=1S/C15H10NO/c16-15(17)13-7-3-6-12-8-10-4-1-2-5-11(10)9-14(12)13/h1,3-9H,(H2,16,17). The number of nitrogens with two attached hydrogens (primary N) is 1. The zero-order valence-corrected chi connectivity index (χ0v) is 9.10. The Morgan fingerprint density at radius 2 is 1.94 bits per heavy atom. The van der Waals surface area contributed by atoms with E-state index in [2.05, 4.69) is 12.1 Å². The maximum absolute atomic E-state index is 11.4. The molecule has 3 aromatic carbocycles. The van der Waals surface area contributed by atoms with E-state index in [9.17, 15) is 4.79 Å². The van der Waals surface area contributed by atoms with Gasteiger partial charge in [-0.05, 0) is 51.9 Å². The fourth-order valence-electron chi connectivity index (χ4n) is 2.12. The molecule has 0 saturated carbocycles. The normalized spacial score (nSPS) is 10.8.